The van der Waals surface area contributed by atoms with E-state index in [9.17, 15) is 9.50 Å². The van der Waals surface area contributed by atoms with Gasteiger partial charge in [-0.15, -0.1) is 12.4 Å². The molecule has 1 aliphatic heterocycles. The monoisotopic (exact) mass is 288 g/mol. The van der Waals surface area contributed by atoms with Crippen LogP contribution in [0.2, 0.25) is 0 Å². The fraction of sp³-hybridized carbons (Fsp3) is 0.571. The van der Waals surface area contributed by atoms with E-state index in [1.165, 1.54) is 6.07 Å². The zero-order valence-electron chi connectivity index (χ0n) is 11.2. The molecule has 0 saturated carbocycles. The van der Waals surface area contributed by atoms with Gasteiger partial charge in [-0.25, -0.2) is 4.39 Å². The average molecular weight is 289 g/mol. The van der Waals surface area contributed by atoms with Gasteiger partial charge < -0.3 is 10.4 Å². The van der Waals surface area contributed by atoms with Crippen molar-refractivity contribution in [3.8, 4) is 0 Å². The number of aliphatic hydroxyl groups excluding tert-OH is 1. The van der Waals surface area contributed by atoms with E-state index in [0.29, 0.717) is 6.42 Å². The van der Waals surface area contributed by atoms with E-state index in [1.54, 1.807) is 6.07 Å². The first-order valence-electron chi connectivity index (χ1n) is 6.54. The second-order valence-electron chi connectivity index (χ2n) is 4.81. The molecule has 0 bridgehead atoms. The Morgan fingerprint density at radius 2 is 2.05 bits per heavy atom. The molecule has 0 radical (unpaired) electrons. The number of hydrogen-bond donors (Lipinski definition) is 2. The maximum atomic E-state index is 13.2. The fourth-order valence-corrected chi connectivity index (χ4v) is 2.66. The van der Waals surface area contributed by atoms with E-state index in [2.05, 4.69) is 10.2 Å². The molecule has 0 unspecified atom stereocenters. The first-order chi connectivity index (χ1) is 8.72. The lowest BCUT2D eigenvalue weighted by molar-refractivity contribution is 0.140. The van der Waals surface area contributed by atoms with Crippen molar-refractivity contribution in [3.63, 3.8) is 0 Å². The van der Waals surface area contributed by atoms with Crippen LogP contribution in [0.4, 0.5) is 4.39 Å². The van der Waals surface area contributed by atoms with Crippen LogP contribution < -0.4 is 5.32 Å². The average Bonchev–Trinajstić information content (AvgIpc) is 2.38. The third-order valence-corrected chi connectivity index (χ3v) is 3.59. The molecule has 2 rings (SSSR count). The molecule has 1 heterocycles. The van der Waals surface area contributed by atoms with Gasteiger partial charge in [0.15, 0.2) is 0 Å². The van der Waals surface area contributed by atoms with Gasteiger partial charge in [-0.2, -0.15) is 0 Å². The first kappa shape index (κ1) is 16.4. The Hall–Kier alpha value is -0.680. The van der Waals surface area contributed by atoms with Crippen molar-refractivity contribution in [3.05, 3.63) is 35.1 Å². The molecule has 1 atom stereocenters. The van der Waals surface area contributed by atoms with E-state index >= 15 is 0 Å². The second kappa shape index (κ2) is 7.80. The number of aryl methyl sites for hydroxylation is 1. The zero-order chi connectivity index (χ0) is 13.0. The minimum Gasteiger partial charge on any atom is -0.396 e. The van der Waals surface area contributed by atoms with E-state index < -0.39 is 0 Å². The van der Waals surface area contributed by atoms with Crippen LogP contribution in [0.15, 0.2) is 18.2 Å². The van der Waals surface area contributed by atoms with Crippen molar-refractivity contribution < 1.29 is 9.50 Å². The largest absolute Gasteiger partial charge is 0.396 e. The van der Waals surface area contributed by atoms with Crippen LogP contribution in [0.5, 0.6) is 0 Å². The third kappa shape index (κ3) is 4.14. The highest BCUT2D eigenvalue weighted by Gasteiger charge is 2.22. The summed E-state index contributed by atoms with van der Waals surface area (Å²) in [5.41, 5.74) is 2.10. The molecule has 1 saturated heterocycles. The number of benzene rings is 1. The molecule has 19 heavy (non-hydrogen) atoms. The Kier molecular flexibility index (Phi) is 6.72. The molecule has 1 aliphatic rings. The molecule has 2 N–H and O–H groups in total. The topological polar surface area (TPSA) is 35.5 Å². The first-order valence-corrected chi connectivity index (χ1v) is 6.54. The Labute approximate surface area is 120 Å². The van der Waals surface area contributed by atoms with E-state index in [4.69, 9.17) is 0 Å². The van der Waals surface area contributed by atoms with Gasteiger partial charge in [0.1, 0.15) is 5.82 Å². The normalized spacial score (nSPS) is 17.8. The number of halogens is 2. The minimum absolute atomic E-state index is 0. The molecule has 1 aromatic rings. The maximum absolute atomic E-state index is 13.2. The van der Waals surface area contributed by atoms with Crippen LogP contribution in [-0.4, -0.2) is 42.8 Å². The summed E-state index contributed by atoms with van der Waals surface area (Å²) in [5.74, 6) is -0.195. The Morgan fingerprint density at radius 1 is 1.37 bits per heavy atom. The SMILES string of the molecule is Cc1cc(F)ccc1[C@H](CCO)N1CCNCC1.Cl. The van der Waals surface area contributed by atoms with E-state index in [-0.39, 0.29) is 30.9 Å². The smallest absolute Gasteiger partial charge is 0.123 e. The van der Waals surface area contributed by atoms with Gasteiger partial charge in [0.25, 0.3) is 0 Å². The molecular formula is C14H22ClFN2O. The van der Waals surface area contributed by atoms with Gasteiger partial charge >= 0.3 is 0 Å². The molecule has 108 valence electrons. The van der Waals surface area contributed by atoms with Gasteiger partial charge in [0, 0.05) is 38.8 Å². The lowest BCUT2D eigenvalue weighted by Gasteiger charge is -2.35. The molecule has 0 aliphatic carbocycles. The van der Waals surface area contributed by atoms with Crippen LogP contribution in [-0.2, 0) is 0 Å². The highest BCUT2D eigenvalue weighted by Crippen LogP contribution is 2.27. The summed E-state index contributed by atoms with van der Waals surface area (Å²) in [6.07, 6.45) is 0.701. The highest BCUT2D eigenvalue weighted by molar-refractivity contribution is 5.85. The predicted octanol–water partition coefficient (Wildman–Crippen LogP) is 1.88. The summed E-state index contributed by atoms with van der Waals surface area (Å²) in [5, 5.41) is 12.6. The lowest BCUT2D eigenvalue weighted by atomic mass is 9.97. The number of piperazine rings is 1. The van der Waals surface area contributed by atoms with Crippen LogP contribution in [0.3, 0.4) is 0 Å². The van der Waals surface area contributed by atoms with Crippen molar-refractivity contribution >= 4 is 12.4 Å². The molecular weight excluding hydrogens is 267 g/mol. The number of nitrogens with zero attached hydrogens (tertiary/aromatic N) is 1. The summed E-state index contributed by atoms with van der Waals surface area (Å²) in [6.45, 7) is 5.99. The Balaban J connectivity index is 0.00000180. The van der Waals surface area contributed by atoms with Crippen LogP contribution in [0.25, 0.3) is 0 Å². The van der Waals surface area contributed by atoms with Crippen LogP contribution in [0.1, 0.15) is 23.6 Å². The molecule has 5 heteroatoms. The van der Waals surface area contributed by atoms with Gasteiger partial charge in [-0.3, -0.25) is 4.90 Å². The number of hydrogen-bond acceptors (Lipinski definition) is 3. The molecule has 0 amide bonds. The van der Waals surface area contributed by atoms with E-state index in [1.807, 2.05) is 13.0 Å². The van der Waals surface area contributed by atoms with Crippen molar-refractivity contribution in [2.45, 2.75) is 19.4 Å². The zero-order valence-corrected chi connectivity index (χ0v) is 12.0. The summed E-state index contributed by atoms with van der Waals surface area (Å²) in [7, 11) is 0. The maximum Gasteiger partial charge on any atom is 0.123 e. The van der Waals surface area contributed by atoms with Crippen molar-refractivity contribution in [2.75, 3.05) is 32.8 Å². The Bertz CT molecular complexity index is 397. The number of rotatable bonds is 4. The molecule has 0 aromatic heterocycles. The van der Waals surface area contributed by atoms with Gasteiger partial charge in [-0.05, 0) is 36.6 Å². The van der Waals surface area contributed by atoms with Gasteiger partial charge in [0.2, 0.25) is 0 Å². The minimum atomic E-state index is -0.195. The van der Waals surface area contributed by atoms with Crippen molar-refractivity contribution in [1.29, 1.82) is 0 Å². The summed E-state index contributed by atoms with van der Waals surface area (Å²) >= 11 is 0. The lowest BCUT2D eigenvalue weighted by Crippen LogP contribution is -2.45. The molecule has 0 spiro atoms. The highest BCUT2D eigenvalue weighted by atomic mass is 35.5. The van der Waals surface area contributed by atoms with Gasteiger partial charge in [0.05, 0.1) is 0 Å². The molecule has 1 aromatic carbocycles. The summed E-state index contributed by atoms with van der Waals surface area (Å²) < 4.78 is 13.2. The summed E-state index contributed by atoms with van der Waals surface area (Å²) in [6, 6.07) is 5.13. The fourth-order valence-electron chi connectivity index (χ4n) is 2.66. The van der Waals surface area contributed by atoms with Crippen molar-refractivity contribution in [2.24, 2.45) is 0 Å². The third-order valence-electron chi connectivity index (χ3n) is 3.59. The van der Waals surface area contributed by atoms with Crippen molar-refractivity contribution in [1.82, 2.24) is 10.2 Å². The number of nitrogens with one attached hydrogen (secondary N) is 1. The Morgan fingerprint density at radius 3 is 2.63 bits per heavy atom. The second-order valence-corrected chi connectivity index (χ2v) is 4.81. The summed E-state index contributed by atoms with van der Waals surface area (Å²) in [4.78, 5) is 2.37. The van der Waals surface area contributed by atoms with Gasteiger partial charge in [-0.1, -0.05) is 6.07 Å². The van der Waals surface area contributed by atoms with E-state index in [0.717, 1.165) is 37.3 Å². The van der Waals surface area contributed by atoms with Crippen LogP contribution in [0, 0.1) is 12.7 Å². The predicted molar refractivity (Wildman–Crippen MR) is 77.3 cm³/mol. The molecule has 1 fully saturated rings. The quantitative estimate of drug-likeness (QED) is 0.888. The molecule has 3 nitrogen and oxygen atoms in total. The van der Waals surface area contributed by atoms with Crippen LogP contribution >= 0.6 is 12.4 Å². The number of aliphatic hydroxyl groups is 1. The standard InChI is InChI=1S/C14H21FN2O.ClH/c1-11-10-12(15)2-3-13(11)14(4-9-18)17-7-5-16-6-8-17;/h2-3,10,14,16,18H,4-9H2,1H3;1H/t14-;/m0./s1.